The van der Waals surface area contributed by atoms with E-state index in [4.69, 9.17) is 0 Å². The molecule has 262 valence electrons. The van der Waals surface area contributed by atoms with Gasteiger partial charge in [0.05, 0.1) is 24.6 Å². The second-order valence-electron chi connectivity index (χ2n) is 11.3. The molecule has 9 nitrogen and oxygen atoms in total. The number of halogens is 10. The van der Waals surface area contributed by atoms with Gasteiger partial charge in [0.2, 0.25) is 0 Å². The number of anilines is 2. The molecule has 0 aliphatic rings. The topological polar surface area (TPSA) is 96.6 Å². The lowest BCUT2D eigenvalue weighted by atomic mass is 9.85. The van der Waals surface area contributed by atoms with Gasteiger partial charge in [0.15, 0.2) is 0 Å². The van der Waals surface area contributed by atoms with Crippen molar-refractivity contribution >= 4 is 30.0 Å². The Bertz CT molecular complexity index is 1480. The van der Waals surface area contributed by atoms with Crippen LogP contribution in [0.25, 0.3) is 0 Å². The Balaban J connectivity index is 0.00000768. The SMILES string of the molecule is CCN(CCC(C)(C)CC(=O)O)c1ccc(OC(F)(F)F)cc1CN(Cc1cc(C(F)(F)F)cc(C(F)(F)F)c1)c1nnn(C)n1.Cl. The fourth-order valence-corrected chi connectivity index (χ4v) is 4.71. The minimum atomic E-state index is -5.11. The summed E-state index contributed by atoms with van der Waals surface area (Å²) in [4.78, 5) is 15.2. The van der Waals surface area contributed by atoms with Crippen LogP contribution in [0.15, 0.2) is 36.4 Å². The number of benzene rings is 2. The van der Waals surface area contributed by atoms with Crippen molar-refractivity contribution < 1.29 is 54.2 Å². The molecule has 47 heavy (non-hydrogen) atoms. The maximum Gasteiger partial charge on any atom is 0.573 e. The van der Waals surface area contributed by atoms with Crippen molar-refractivity contribution in [3.8, 4) is 5.75 Å². The van der Waals surface area contributed by atoms with Crippen molar-refractivity contribution in [3.05, 3.63) is 58.7 Å². The lowest BCUT2D eigenvalue weighted by molar-refractivity contribution is -0.274. The van der Waals surface area contributed by atoms with Gasteiger partial charge in [-0.3, -0.25) is 4.79 Å². The number of rotatable bonds is 13. The average molecular weight is 707 g/mol. The first-order chi connectivity index (χ1) is 21.1. The molecular weight excluding hydrogens is 675 g/mol. The lowest BCUT2D eigenvalue weighted by Gasteiger charge is -2.32. The van der Waals surface area contributed by atoms with Crippen LogP contribution in [0.3, 0.4) is 0 Å². The third-order valence-electron chi connectivity index (χ3n) is 6.86. The van der Waals surface area contributed by atoms with E-state index >= 15 is 0 Å². The van der Waals surface area contributed by atoms with Crippen LogP contribution >= 0.6 is 12.4 Å². The van der Waals surface area contributed by atoms with Crippen LogP contribution in [0, 0.1) is 5.41 Å². The van der Waals surface area contributed by atoms with Crippen molar-refractivity contribution in [1.29, 1.82) is 0 Å². The van der Waals surface area contributed by atoms with Gasteiger partial charge in [-0.25, -0.2) is 0 Å². The van der Waals surface area contributed by atoms with E-state index in [2.05, 4.69) is 20.1 Å². The first-order valence-corrected chi connectivity index (χ1v) is 13.7. The quantitative estimate of drug-likeness (QED) is 0.183. The normalized spacial score (nSPS) is 12.4. The zero-order valence-electron chi connectivity index (χ0n) is 25.5. The second kappa shape index (κ2) is 14.9. The number of hydrogen-bond donors (Lipinski definition) is 1. The minimum absolute atomic E-state index is 0. The Morgan fingerprint density at radius 1 is 0.915 bits per heavy atom. The molecule has 0 saturated carbocycles. The molecule has 0 atom stereocenters. The van der Waals surface area contributed by atoms with E-state index in [-0.39, 0.29) is 43.0 Å². The highest BCUT2D eigenvalue weighted by molar-refractivity contribution is 5.85. The summed E-state index contributed by atoms with van der Waals surface area (Å²) in [5.41, 5.74) is -3.69. The maximum absolute atomic E-state index is 13.6. The van der Waals surface area contributed by atoms with Crippen LogP contribution in [-0.2, 0) is 37.3 Å². The van der Waals surface area contributed by atoms with Gasteiger partial charge in [0, 0.05) is 31.9 Å². The fraction of sp³-hybridized carbons (Fsp3) is 0.500. The van der Waals surface area contributed by atoms with Crippen LogP contribution < -0.4 is 14.5 Å². The highest BCUT2D eigenvalue weighted by atomic mass is 35.5. The summed E-state index contributed by atoms with van der Waals surface area (Å²) in [5, 5.41) is 20.8. The number of aromatic nitrogens is 4. The molecule has 0 spiro atoms. The zero-order valence-corrected chi connectivity index (χ0v) is 26.3. The molecule has 1 N–H and O–H groups in total. The molecule has 0 amide bonds. The lowest BCUT2D eigenvalue weighted by Crippen LogP contribution is -2.31. The number of carboxylic acid groups (broad SMARTS) is 1. The number of alkyl halides is 9. The summed E-state index contributed by atoms with van der Waals surface area (Å²) in [6, 6.07) is 4.49. The van der Waals surface area contributed by atoms with E-state index in [0.717, 1.165) is 16.9 Å². The minimum Gasteiger partial charge on any atom is -0.481 e. The Hall–Kier alpha value is -3.96. The van der Waals surface area contributed by atoms with Crippen molar-refractivity contribution in [2.45, 2.75) is 65.4 Å². The number of tetrazole rings is 1. The van der Waals surface area contributed by atoms with E-state index in [9.17, 15) is 49.4 Å². The largest absolute Gasteiger partial charge is 0.573 e. The predicted octanol–water partition coefficient (Wildman–Crippen LogP) is 7.49. The summed E-state index contributed by atoms with van der Waals surface area (Å²) < 4.78 is 125. The van der Waals surface area contributed by atoms with Gasteiger partial charge in [0.1, 0.15) is 5.75 Å². The van der Waals surface area contributed by atoms with E-state index < -0.39 is 65.6 Å². The van der Waals surface area contributed by atoms with Gasteiger partial charge in [-0.05, 0) is 71.5 Å². The first kappa shape index (κ1) is 39.2. The molecule has 0 bridgehead atoms. The van der Waals surface area contributed by atoms with Crippen LogP contribution in [0.5, 0.6) is 5.75 Å². The van der Waals surface area contributed by atoms with E-state index in [1.165, 1.54) is 18.0 Å². The number of hydrogen-bond acceptors (Lipinski definition) is 7. The standard InChI is InChI=1S/C28H31F9N6O3.ClH/c1-5-42(9-8-25(2,3)14-23(44)45)22-7-6-21(46-28(35,36)37)12-18(22)16-43(24-38-40-41(4)39-24)15-17-10-19(26(29,30)31)13-20(11-17)27(32,33)34;/h6-7,10-13H,5,8-9,14-16H2,1-4H3,(H,44,45);1H. The molecule has 3 rings (SSSR count). The fourth-order valence-electron chi connectivity index (χ4n) is 4.71. The Kier molecular flexibility index (Phi) is 12.4. The summed E-state index contributed by atoms with van der Waals surface area (Å²) in [6.45, 7) is 4.76. The molecule has 0 saturated heterocycles. The Morgan fingerprint density at radius 3 is 1.98 bits per heavy atom. The van der Waals surface area contributed by atoms with Crippen LogP contribution in [0.4, 0.5) is 51.1 Å². The smallest absolute Gasteiger partial charge is 0.481 e. The highest BCUT2D eigenvalue weighted by Crippen LogP contribution is 2.38. The number of nitrogens with zero attached hydrogens (tertiary/aromatic N) is 6. The summed E-state index contributed by atoms with van der Waals surface area (Å²) in [6.07, 6.45) is -15.1. The van der Waals surface area contributed by atoms with Gasteiger partial charge in [-0.2, -0.15) is 31.1 Å². The Labute approximate surface area is 269 Å². The van der Waals surface area contributed by atoms with Crippen LogP contribution in [0.1, 0.15) is 55.9 Å². The number of aryl methyl sites for hydroxylation is 1. The summed E-state index contributed by atoms with van der Waals surface area (Å²) in [5.74, 6) is -1.87. The number of carbonyl (C=O) groups is 1. The van der Waals surface area contributed by atoms with Crippen molar-refractivity contribution in [3.63, 3.8) is 0 Å². The summed E-state index contributed by atoms with van der Waals surface area (Å²) >= 11 is 0. The molecule has 0 aliphatic carbocycles. The van der Waals surface area contributed by atoms with E-state index in [0.29, 0.717) is 30.8 Å². The van der Waals surface area contributed by atoms with E-state index in [1.54, 1.807) is 25.7 Å². The third kappa shape index (κ3) is 11.7. The third-order valence-corrected chi connectivity index (χ3v) is 6.86. The van der Waals surface area contributed by atoms with Crippen molar-refractivity contribution in [1.82, 2.24) is 20.2 Å². The summed E-state index contributed by atoms with van der Waals surface area (Å²) in [7, 11) is 1.36. The highest BCUT2D eigenvalue weighted by Gasteiger charge is 2.37. The van der Waals surface area contributed by atoms with Crippen LogP contribution in [-0.4, -0.2) is 50.7 Å². The molecular formula is C28H32ClF9N6O3. The Morgan fingerprint density at radius 2 is 1.51 bits per heavy atom. The van der Waals surface area contributed by atoms with Crippen molar-refractivity contribution in [2.24, 2.45) is 12.5 Å². The van der Waals surface area contributed by atoms with E-state index in [1.807, 2.05) is 0 Å². The monoisotopic (exact) mass is 706 g/mol. The predicted molar refractivity (Wildman–Crippen MR) is 154 cm³/mol. The number of ether oxygens (including phenoxy) is 1. The molecule has 1 aromatic heterocycles. The maximum atomic E-state index is 13.6. The molecule has 0 unspecified atom stereocenters. The van der Waals surface area contributed by atoms with Gasteiger partial charge in [-0.15, -0.1) is 30.7 Å². The van der Waals surface area contributed by atoms with Gasteiger partial charge in [-0.1, -0.05) is 18.9 Å². The van der Waals surface area contributed by atoms with Crippen LogP contribution in [0.2, 0.25) is 0 Å². The molecule has 3 aromatic rings. The first-order valence-electron chi connectivity index (χ1n) is 13.7. The van der Waals surface area contributed by atoms with Crippen molar-refractivity contribution in [2.75, 3.05) is 22.9 Å². The molecule has 0 fully saturated rings. The number of aliphatic carboxylic acids is 1. The molecule has 0 radical (unpaired) electrons. The number of carboxylic acids is 1. The molecule has 1 heterocycles. The van der Waals surface area contributed by atoms with Gasteiger partial charge >= 0.3 is 24.7 Å². The molecule has 19 heteroatoms. The molecule has 2 aromatic carbocycles. The average Bonchev–Trinajstić information content (AvgIpc) is 3.33. The van der Waals surface area contributed by atoms with Gasteiger partial charge in [0.25, 0.3) is 5.95 Å². The molecule has 0 aliphatic heterocycles. The second-order valence-corrected chi connectivity index (χ2v) is 11.3. The van der Waals surface area contributed by atoms with Gasteiger partial charge < -0.3 is 19.6 Å². The zero-order chi connectivity index (χ0) is 34.7.